The van der Waals surface area contributed by atoms with E-state index in [0.29, 0.717) is 4.47 Å². The minimum atomic E-state index is -0.882. The zero-order valence-corrected chi connectivity index (χ0v) is 14.6. The normalized spacial score (nSPS) is 16.7. The summed E-state index contributed by atoms with van der Waals surface area (Å²) in [5.41, 5.74) is -0.695. The second kappa shape index (κ2) is 5.87. The predicted molar refractivity (Wildman–Crippen MR) is 83.4 cm³/mol. The molecular weight excluding hydrogens is 352 g/mol. The van der Waals surface area contributed by atoms with Crippen molar-refractivity contribution in [1.29, 1.82) is 0 Å². The van der Waals surface area contributed by atoms with Gasteiger partial charge in [-0.05, 0) is 48.3 Å². The smallest absolute Gasteiger partial charge is 0.410 e. The first kappa shape index (κ1) is 16.7. The quantitative estimate of drug-likeness (QED) is 0.748. The molecule has 1 aromatic rings. The number of pyridine rings is 1. The third-order valence-electron chi connectivity index (χ3n) is 3.44. The van der Waals surface area contributed by atoms with Crippen molar-refractivity contribution in [1.82, 2.24) is 9.88 Å². The maximum absolute atomic E-state index is 12.3. The molecule has 1 aromatic heterocycles. The highest BCUT2D eigenvalue weighted by molar-refractivity contribution is 9.10. The van der Waals surface area contributed by atoms with Crippen molar-refractivity contribution >= 4 is 28.0 Å². The molecule has 0 aliphatic carbocycles. The summed E-state index contributed by atoms with van der Waals surface area (Å²) in [7, 11) is 1.34. The van der Waals surface area contributed by atoms with Crippen LogP contribution in [0.4, 0.5) is 4.79 Å². The summed E-state index contributed by atoms with van der Waals surface area (Å²) < 4.78 is 11.0. The van der Waals surface area contributed by atoms with Crippen molar-refractivity contribution in [3.8, 4) is 0 Å². The molecule has 1 saturated heterocycles. The van der Waals surface area contributed by atoms with Crippen LogP contribution in [0.1, 0.15) is 26.3 Å². The Balaban J connectivity index is 2.22. The van der Waals surface area contributed by atoms with Gasteiger partial charge in [-0.15, -0.1) is 0 Å². The van der Waals surface area contributed by atoms with Crippen LogP contribution in [0.3, 0.4) is 0 Å². The lowest BCUT2D eigenvalue weighted by molar-refractivity contribution is -0.154. The van der Waals surface area contributed by atoms with Gasteiger partial charge in [-0.1, -0.05) is 0 Å². The van der Waals surface area contributed by atoms with E-state index in [0.717, 1.165) is 5.56 Å². The van der Waals surface area contributed by atoms with E-state index in [1.807, 2.05) is 0 Å². The second-order valence-corrected chi connectivity index (χ2v) is 7.12. The van der Waals surface area contributed by atoms with E-state index in [9.17, 15) is 9.59 Å². The van der Waals surface area contributed by atoms with Crippen LogP contribution < -0.4 is 0 Å². The number of ether oxygens (including phenoxy) is 2. The molecule has 2 heterocycles. The Kier molecular flexibility index (Phi) is 4.47. The molecule has 6 nitrogen and oxygen atoms in total. The Morgan fingerprint density at radius 3 is 2.50 bits per heavy atom. The summed E-state index contributed by atoms with van der Waals surface area (Å²) in [6, 6.07) is 1.76. The Morgan fingerprint density at radius 2 is 2.00 bits per heavy atom. The van der Waals surface area contributed by atoms with Crippen LogP contribution in [0, 0.1) is 0 Å². The van der Waals surface area contributed by atoms with Gasteiger partial charge in [0.2, 0.25) is 0 Å². The van der Waals surface area contributed by atoms with Gasteiger partial charge < -0.3 is 14.4 Å². The van der Waals surface area contributed by atoms with Gasteiger partial charge in [0.25, 0.3) is 0 Å². The fourth-order valence-corrected chi connectivity index (χ4v) is 3.06. The molecule has 0 unspecified atom stereocenters. The highest BCUT2D eigenvalue weighted by Gasteiger charge is 2.55. The van der Waals surface area contributed by atoms with Gasteiger partial charge in [-0.2, -0.15) is 0 Å². The Morgan fingerprint density at radius 1 is 1.36 bits per heavy atom. The zero-order chi connectivity index (χ0) is 16.5. The Labute approximate surface area is 137 Å². The molecule has 0 atom stereocenters. The molecule has 1 amide bonds. The summed E-state index contributed by atoms with van der Waals surface area (Å²) in [6.45, 7) is 5.85. The fourth-order valence-electron chi connectivity index (χ4n) is 2.43. The molecule has 1 aliphatic rings. The first-order chi connectivity index (χ1) is 10.2. The number of amides is 1. The first-order valence-electron chi connectivity index (χ1n) is 6.86. The lowest BCUT2D eigenvalue weighted by Crippen LogP contribution is -2.66. The van der Waals surface area contributed by atoms with Crippen molar-refractivity contribution < 1.29 is 19.1 Å². The molecule has 0 saturated carbocycles. The molecule has 0 aromatic carbocycles. The molecule has 0 spiro atoms. The highest BCUT2D eigenvalue weighted by atomic mass is 79.9. The topological polar surface area (TPSA) is 68.7 Å². The van der Waals surface area contributed by atoms with E-state index in [4.69, 9.17) is 9.47 Å². The molecular formula is C15H19BrN2O4. The number of carbonyl (C=O) groups is 2. The number of nitrogens with zero attached hydrogens (tertiary/aromatic N) is 2. The number of likely N-dealkylation sites (tertiary alicyclic amines) is 1. The van der Waals surface area contributed by atoms with Crippen LogP contribution in [0.2, 0.25) is 0 Å². The van der Waals surface area contributed by atoms with Crippen molar-refractivity contribution in [3.63, 3.8) is 0 Å². The molecule has 1 aliphatic heterocycles. The lowest BCUT2D eigenvalue weighted by Gasteiger charge is -2.48. The summed E-state index contributed by atoms with van der Waals surface area (Å²) >= 11 is 3.41. The highest BCUT2D eigenvalue weighted by Crippen LogP contribution is 2.39. The molecule has 120 valence electrons. The first-order valence-corrected chi connectivity index (χ1v) is 7.65. The minimum Gasteiger partial charge on any atom is -0.468 e. The largest absolute Gasteiger partial charge is 0.468 e. The van der Waals surface area contributed by atoms with Gasteiger partial charge in [0.05, 0.1) is 7.11 Å². The van der Waals surface area contributed by atoms with Gasteiger partial charge in [-0.3, -0.25) is 9.78 Å². The zero-order valence-electron chi connectivity index (χ0n) is 13.1. The van der Waals surface area contributed by atoms with Gasteiger partial charge in [0, 0.05) is 30.0 Å². The van der Waals surface area contributed by atoms with Crippen LogP contribution >= 0.6 is 15.9 Å². The number of rotatable bonds is 2. The third-order valence-corrected chi connectivity index (χ3v) is 4.07. The summed E-state index contributed by atoms with van der Waals surface area (Å²) in [5, 5.41) is 0. The van der Waals surface area contributed by atoms with Crippen molar-refractivity contribution in [2.24, 2.45) is 0 Å². The number of hydrogen-bond donors (Lipinski definition) is 0. The van der Waals surface area contributed by atoms with Crippen molar-refractivity contribution in [2.75, 3.05) is 20.2 Å². The maximum atomic E-state index is 12.3. The number of esters is 1. The molecule has 22 heavy (non-hydrogen) atoms. The van der Waals surface area contributed by atoms with Crippen LogP contribution in [-0.4, -0.2) is 47.7 Å². The van der Waals surface area contributed by atoms with E-state index < -0.39 is 17.1 Å². The number of hydrogen-bond acceptors (Lipinski definition) is 5. The number of halogens is 1. The SMILES string of the molecule is COC(=O)C1(c2ccncc2Br)CN(C(=O)OC(C)(C)C)C1. The molecule has 0 bridgehead atoms. The number of methoxy groups -OCH3 is 1. The average Bonchev–Trinajstić information content (AvgIpc) is 2.37. The molecule has 2 rings (SSSR count). The van der Waals surface area contributed by atoms with Gasteiger partial charge in [0.15, 0.2) is 0 Å². The lowest BCUT2D eigenvalue weighted by atomic mass is 9.74. The minimum absolute atomic E-state index is 0.219. The second-order valence-electron chi connectivity index (χ2n) is 6.27. The van der Waals surface area contributed by atoms with Crippen LogP contribution in [0.15, 0.2) is 22.9 Å². The molecule has 1 fully saturated rings. The fraction of sp³-hybridized carbons (Fsp3) is 0.533. The van der Waals surface area contributed by atoms with Gasteiger partial charge in [-0.25, -0.2) is 4.79 Å². The predicted octanol–water partition coefficient (Wildman–Crippen LogP) is 2.51. The van der Waals surface area contributed by atoms with E-state index in [2.05, 4.69) is 20.9 Å². The summed E-state index contributed by atoms with van der Waals surface area (Å²) in [5.74, 6) is -0.376. The maximum Gasteiger partial charge on any atom is 0.410 e. The number of carbonyl (C=O) groups excluding carboxylic acids is 2. The van der Waals surface area contributed by atoms with Crippen LogP contribution in [-0.2, 0) is 19.7 Å². The van der Waals surface area contributed by atoms with E-state index in [1.165, 1.54) is 12.0 Å². The third kappa shape index (κ3) is 3.09. The van der Waals surface area contributed by atoms with Crippen molar-refractivity contribution in [2.45, 2.75) is 31.8 Å². The van der Waals surface area contributed by atoms with E-state index in [1.54, 1.807) is 39.2 Å². The standard InChI is InChI=1S/C15H19BrN2O4/c1-14(2,3)22-13(20)18-8-15(9-18,12(19)21-4)10-5-6-17-7-11(10)16/h5-7H,8-9H2,1-4H3. The average molecular weight is 371 g/mol. The van der Waals surface area contributed by atoms with E-state index in [-0.39, 0.29) is 19.1 Å². The van der Waals surface area contributed by atoms with Gasteiger partial charge in [0.1, 0.15) is 11.0 Å². The van der Waals surface area contributed by atoms with E-state index >= 15 is 0 Å². The summed E-state index contributed by atoms with van der Waals surface area (Å²) in [6.07, 6.45) is 2.80. The Bertz CT molecular complexity index is 591. The van der Waals surface area contributed by atoms with Crippen molar-refractivity contribution in [3.05, 3.63) is 28.5 Å². The summed E-state index contributed by atoms with van der Waals surface area (Å²) in [4.78, 5) is 29.9. The monoisotopic (exact) mass is 370 g/mol. The van der Waals surface area contributed by atoms with Crippen LogP contribution in [0.25, 0.3) is 0 Å². The molecule has 7 heteroatoms. The molecule has 0 N–H and O–H groups in total. The van der Waals surface area contributed by atoms with Gasteiger partial charge >= 0.3 is 12.1 Å². The van der Waals surface area contributed by atoms with Crippen LogP contribution in [0.5, 0.6) is 0 Å². The Hall–Kier alpha value is -1.63. The molecule has 0 radical (unpaired) electrons. The number of aromatic nitrogens is 1.